The molecular weight excluding hydrogens is 780 g/mol. The number of ether oxygens (including phenoxy) is 2. The largest absolute Gasteiger partial charge is 0.480 e. The Balaban J connectivity index is 0. The fraction of sp³-hybridized carbons (Fsp3) is 0.935. The van der Waals surface area contributed by atoms with E-state index in [1.54, 1.807) is 0 Å². The van der Waals surface area contributed by atoms with Crippen LogP contribution in [0.15, 0.2) is 0 Å². The second-order valence-electron chi connectivity index (χ2n) is 19.2. The average molecular weight is 871 g/mol. The van der Waals surface area contributed by atoms with Crippen LogP contribution in [0.25, 0.3) is 0 Å². The SMILES string of the molecule is CC(C)CCCC(C)CCCC(C)CCCC(C)CC(=O)OC[C@H](COP(=O)(O)OC[C@H](N)C(=O)O)OC(=O)CC(C)CCCC(C)CCCC(C)CCCC(C)C.[Na]. The van der Waals surface area contributed by atoms with Crippen LogP contribution in [0.2, 0.25) is 0 Å². The quantitative estimate of drug-likeness (QED) is 0.0306. The maximum atomic E-state index is 13.0. The van der Waals surface area contributed by atoms with Gasteiger partial charge in [-0.1, -0.05) is 185 Å². The van der Waals surface area contributed by atoms with Gasteiger partial charge in [0, 0.05) is 42.4 Å². The number of hydrogen-bond donors (Lipinski definition) is 3. The van der Waals surface area contributed by atoms with Crippen LogP contribution in [0.5, 0.6) is 0 Å². The Kier molecular flexibility index (Phi) is 36.8. The summed E-state index contributed by atoms with van der Waals surface area (Å²) in [5.74, 6) is 2.14. The van der Waals surface area contributed by atoms with Crippen molar-refractivity contribution in [3.63, 3.8) is 0 Å². The summed E-state index contributed by atoms with van der Waals surface area (Å²) in [6.07, 6.45) is 20.5. The van der Waals surface area contributed by atoms with Crippen LogP contribution in [0, 0.1) is 47.3 Å². The van der Waals surface area contributed by atoms with Crippen molar-refractivity contribution in [1.82, 2.24) is 0 Å². The van der Waals surface area contributed by atoms with Crippen LogP contribution in [-0.4, -0.2) is 89.4 Å². The number of carboxylic acids is 1. The summed E-state index contributed by atoms with van der Waals surface area (Å²) in [5.41, 5.74) is 5.37. The monoisotopic (exact) mass is 871 g/mol. The molecule has 0 amide bonds. The number of carboxylic acid groups (broad SMARTS) is 1. The Morgan fingerprint density at radius 3 is 1.19 bits per heavy atom. The van der Waals surface area contributed by atoms with Crippen LogP contribution in [0.3, 0.4) is 0 Å². The molecule has 1 radical (unpaired) electrons. The molecule has 0 rings (SSSR count). The van der Waals surface area contributed by atoms with Crippen LogP contribution in [0.4, 0.5) is 0 Å². The molecule has 7 unspecified atom stereocenters. The molecule has 0 heterocycles. The number of hydrogen-bond acceptors (Lipinski definition) is 9. The van der Waals surface area contributed by atoms with Gasteiger partial charge in [-0.15, -0.1) is 0 Å². The van der Waals surface area contributed by atoms with Crippen LogP contribution in [-0.2, 0) is 37.5 Å². The number of esters is 2. The summed E-state index contributed by atoms with van der Waals surface area (Å²) in [6.45, 7) is 20.8. The molecule has 0 bridgehead atoms. The molecule has 0 aliphatic rings. The van der Waals surface area contributed by atoms with Crippen molar-refractivity contribution >= 4 is 55.3 Å². The zero-order valence-electron chi connectivity index (χ0n) is 39.7. The van der Waals surface area contributed by atoms with Gasteiger partial charge in [-0.25, -0.2) is 4.57 Å². The number of carbonyl (C=O) groups excluding carboxylic acids is 2. The zero-order valence-corrected chi connectivity index (χ0v) is 42.6. The summed E-state index contributed by atoms with van der Waals surface area (Å²) in [6, 6.07) is -1.53. The summed E-state index contributed by atoms with van der Waals surface area (Å²) in [5, 5.41) is 8.95. The molecule has 0 saturated heterocycles. The molecular formula is C46H90NNaO10P. The minimum absolute atomic E-state index is 0. The molecule has 0 spiro atoms. The molecule has 0 aromatic heterocycles. The number of phosphoric acid groups is 1. The van der Waals surface area contributed by atoms with E-state index in [-0.39, 0.29) is 60.8 Å². The number of aliphatic carboxylic acids is 1. The van der Waals surface area contributed by atoms with Gasteiger partial charge in [0.25, 0.3) is 0 Å². The van der Waals surface area contributed by atoms with E-state index in [1.807, 2.05) is 13.8 Å². The van der Waals surface area contributed by atoms with Gasteiger partial charge < -0.3 is 25.2 Å². The fourth-order valence-electron chi connectivity index (χ4n) is 7.41. The normalized spacial score (nSPS) is 16.9. The topological polar surface area (TPSA) is 172 Å². The first-order valence-corrected chi connectivity index (χ1v) is 24.6. The van der Waals surface area contributed by atoms with Crippen molar-refractivity contribution in [1.29, 1.82) is 0 Å². The fourth-order valence-corrected chi connectivity index (χ4v) is 8.19. The zero-order chi connectivity index (χ0) is 44.1. The first kappa shape index (κ1) is 60.6. The first-order valence-electron chi connectivity index (χ1n) is 23.1. The average Bonchev–Trinajstić information content (AvgIpc) is 3.11. The van der Waals surface area contributed by atoms with E-state index in [1.165, 1.54) is 77.0 Å². The smallest absolute Gasteiger partial charge is 0.472 e. The molecule has 13 heteroatoms. The molecule has 0 aromatic carbocycles. The molecule has 345 valence electrons. The second kappa shape index (κ2) is 35.9. The van der Waals surface area contributed by atoms with Crippen LogP contribution >= 0.6 is 7.82 Å². The third-order valence-electron chi connectivity index (χ3n) is 11.4. The van der Waals surface area contributed by atoms with E-state index in [9.17, 15) is 23.8 Å². The molecule has 0 fully saturated rings. The van der Waals surface area contributed by atoms with Gasteiger partial charge in [-0.05, 0) is 47.3 Å². The molecule has 11 nitrogen and oxygen atoms in total. The molecule has 59 heavy (non-hydrogen) atoms. The Bertz CT molecular complexity index is 1130. The standard InChI is InChI=1S/C46H90NO10P.Na/c1-34(2)17-11-19-36(5)21-13-23-38(7)25-15-27-40(9)29-44(48)54-31-42(32-55-58(52,53)56-33-43(47)46(50)51)57-45(49)30-41(10)28-16-26-39(8)24-14-22-37(6)20-12-18-35(3)4;/h34-43H,11-33,47H2,1-10H3,(H,50,51)(H,52,53);/t36?,37?,38?,39?,40?,41?,42-,43+;/m1./s1. The van der Waals surface area contributed by atoms with Gasteiger partial charge >= 0.3 is 25.7 Å². The van der Waals surface area contributed by atoms with Crippen molar-refractivity contribution in [2.75, 3.05) is 19.8 Å². The number of carbonyl (C=O) groups is 3. The van der Waals surface area contributed by atoms with Gasteiger partial charge in [-0.2, -0.15) is 0 Å². The summed E-state index contributed by atoms with van der Waals surface area (Å²) in [7, 11) is -4.74. The third-order valence-corrected chi connectivity index (χ3v) is 12.4. The summed E-state index contributed by atoms with van der Waals surface area (Å²) in [4.78, 5) is 46.9. The predicted molar refractivity (Wildman–Crippen MR) is 241 cm³/mol. The minimum atomic E-state index is -4.74. The number of phosphoric ester groups is 1. The number of nitrogens with two attached hydrogens (primary N) is 1. The van der Waals surface area contributed by atoms with Crippen LogP contribution < -0.4 is 5.73 Å². The molecule has 0 aliphatic carbocycles. The Labute approximate surface area is 383 Å². The van der Waals surface area contributed by atoms with E-state index in [0.29, 0.717) is 11.8 Å². The molecule has 0 aromatic rings. The van der Waals surface area contributed by atoms with Gasteiger partial charge in [0.05, 0.1) is 13.2 Å². The van der Waals surface area contributed by atoms with Crippen molar-refractivity contribution in [3.05, 3.63) is 0 Å². The van der Waals surface area contributed by atoms with Crippen molar-refractivity contribution in [2.45, 2.75) is 210 Å². The van der Waals surface area contributed by atoms with Crippen molar-refractivity contribution < 1.29 is 47.5 Å². The Morgan fingerprint density at radius 2 is 0.831 bits per heavy atom. The Morgan fingerprint density at radius 1 is 0.508 bits per heavy atom. The molecule has 4 N–H and O–H groups in total. The van der Waals surface area contributed by atoms with Crippen molar-refractivity contribution in [2.24, 2.45) is 53.1 Å². The summed E-state index contributed by atoms with van der Waals surface area (Å²) < 4.78 is 33.3. The van der Waals surface area contributed by atoms with E-state index >= 15 is 0 Å². The van der Waals surface area contributed by atoms with Gasteiger partial charge in [-0.3, -0.25) is 23.4 Å². The van der Waals surface area contributed by atoms with Crippen molar-refractivity contribution in [3.8, 4) is 0 Å². The van der Waals surface area contributed by atoms with Crippen LogP contribution in [0.1, 0.15) is 198 Å². The molecule has 0 aliphatic heterocycles. The minimum Gasteiger partial charge on any atom is -0.480 e. The van der Waals surface area contributed by atoms with Gasteiger partial charge in [0.1, 0.15) is 12.6 Å². The molecule has 9 atom stereocenters. The second-order valence-corrected chi connectivity index (χ2v) is 20.7. The Hall–Kier alpha value is -0.520. The third kappa shape index (κ3) is 37.7. The van der Waals surface area contributed by atoms with E-state index in [2.05, 4.69) is 55.4 Å². The van der Waals surface area contributed by atoms with E-state index < -0.39 is 51.1 Å². The number of rotatable bonds is 38. The maximum Gasteiger partial charge on any atom is 0.472 e. The molecule has 0 saturated carbocycles. The summed E-state index contributed by atoms with van der Waals surface area (Å²) >= 11 is 0. The maximum absolute atomic E-state index is 13.0. The van der Waals surface area contributed by atoms with E-state index in [0.717, 1.165) is 62.2 Å². The van der Waals surface area contributed by atoms with Gasteiger partial charge in [0.2, 0.25) is 0 Å². The first-order chi connectivity index (χ1) is 27.2. The van der Waals surface area contributed by atoms with E-state index in [4.69, 9.17) is 29.4 Å². The van der Waals surface area contributed by atoms with Gasteiger partial charge in [0.15, 0.2) is 6.10 Å². The predicted octanol–water partition coefficient (Wildman–Crippen LogP) is 11.5.